The van der Waals surface area contributed by atoms with Gasteiger partial charge >= 0.3 is 0 Å². The summed E-state index contributed by atoms with van der Waals surface area (Å²) in [6.45, 7) is 9.64. The molecular formula is C31H35N5O4. The Kier molecular flexibility index (Phi) is 9.41. The molecule has 2 N–H and O–H groups in total. The van der Waals surface area contributed by atoms with Gasteiger partial charge in [0.2, 0.25) is 0 Å². The van der Waals surface area contributed by atoms with Gasteiger partial charge in [-0.05, 0) is 35.7 Å². The maximum atomic E-state index is 6.14. The standard InChI is InChI=1S/C31H35N5O4/c1-23(35-40-21-24-7-4-3-5-8-24)25-9-11-26(12-10-25)34-31-27-19-30(29(37-2)20-28(27)32-22-33-31)39-16-6-13-36-14-17-38-18-15-36/h3-5,7-12,19-20,22,35H,1,6,13-18,21H2,2H3,(H,32,33,34). The van der Waals surface area contributed by atoms with Gasteiger partial charge in [0.05, 0.1) is 44.8 Å². The molecule has 3 aromatic carbocycles. The van der Waals surface area contributed by atoms with Crippen molar-refractivity contribution in [2.24, 2.45) is 0 Å². The number of rotatable bonds is 13. The SMILES string of the molecule is C=C(NOCc1ccccc1)c1ccc(Nc2ncnc3cc(OC)c(OCCCN4CCOCC4)cc23)cc1. The predicted molar refractivity (Wildman–Crippen MR) is 157 cm³/mol. The molecule has 9 nitrogen and oxygen atoms in total. The first-order chi connectivity index (χ1) is 19.7. The van der Waals surface area contributed by atoms with Crippen molar-refractivity contribution in [2.45, 2.75) is 13.0 Å². The van der Waals surface area contributed by atoms with Crippen LogP contribution in [0, 0.1) is 0 Å². The average molecular weight is 542 g/mol. The summed E-state index contributed by atoms with van der Waals surface area (Å²) in [4.78, 5) is 16.9. The third kappa shape index (κ3) is 7.26. The Bertz CT molecular complexity index is 1390. The monoisotopic (exact) mass is 541 g/mol. The summed E-state index contributed by atoms with van der Waals surface area (Å²) in [5, 5.41) is 4.25. The van der Waals surface area contributed by atoms with Gasteiger partial charge in [-0.1, -0.05) is 49.0 Å². The van der Waals surface area contributed by atoms with Gasteiger partial charge < -0.3 is 19.5 Å². The summed E-state index contributed by atoms with van der Waals surface area (Å²) < 4.78 is 17.2. The molecule has 9 heteroatoms. The van der Waals surface area contributed by atoms with Gasteiger partial charge in [-0.25, -0.2) is 9.97 Å². The zero-order chi connectivity index (χ0) is 27.6. The molecule has 4 aromatic rings. The second kappa shape index (κ2) is 13.7. The van der Waals surface area contributed by atoms with Crippen LogP contribution >= 0.6 is 0 Å². The summed E-state index contributed by atoms with van der Waals surface area (Å²) in [6.07, 6.45) is 2.46. The molecule has 40 heavy (non-hydrogen) atoms. The molecule has 0 bridgehead atoms. The highest BCUT2D eigenvalue weighted by Gasteiger charge is 2.13. The number of nitrogens with zero attached hydrogens (tertiary/aromatic N) is 3. The number of hydrogen-bond donors (Lipinski definition) is 2. The van der Waals surface area contributed by atoms with Crippen LogP contribution in [0.3, 0.4) is 0 Å². The zero-order valence-electron chi connectivity index (χ0n) is 22.8. The third-order valence-corrected chi connectivity index (χ3v) is 6.67. The minimum Gasteiger partial charge on any atom is -0.493 e. The third-order valence-electron chi connectivity index (χ3n) is 6.67. The largest absolute Gasteiger partial charge is 0.493 e. The van der Waals surface area contributed by atoms with Crippen LogP contribution in [-0.2, 0) is 16.2 Å². The van der Waals surface area contributed by atoms with Gasteiger partial charge in [-0.15, -0.1) is 0 Å². The van der Waals surface area contributed by atoms with E-state index in [9.17, 15) is 0 Å². The lowest BCUT2D eigenvalue weighted by Gasteiger charge is -2.26. The van der Waals surface area contributed by atoms with E-state index >= 15 is 0 Å². The Morgan fingerprint density at radius 3 is 2.58 bits per heavy atom. The molecule has 0 amide bonds. The Balaban J connectivity index is 1.21. The van der Waals surface area contributed by atoms with Gasteiger partial charge in [0.15, 0.2) is 11.5 Å². The van der Waals surface area contributed by atoms with Crippen LogP contribution in [0.5, 0.6) is 11.5 Å². The molecule has 0 unspecified atom stereocenters. The fourth-order valence-electron chi connectivity index (χ4n) is 4.46. The van der Waals surface area contributed by atoms with Crippen molar-refractivity contribution in [3.63, 3.8) is 0 Å². The van der Waals surface area contributed by atoms with Crippen LogP contribution < -0.4 is 20.3 Å². The number of hydroxylamine groups is 1. The lowest BCUT2D eigenvalue weighted by Crippen LogP contribution is -2.37. The van der Waals surface area contributed by atoms with E-state index in [4.69, 9.17) is 19.0 Å². The molecular weight excluding hydrogens is 506 g/mol. The number of aromatic nitrogens is 2. The highest BCUT2D eigenvalue weighted by atomic mass is 16.6. The minimum atomic E-state index is 0.449. The first kappa shape index (κ1) is 27.4. The highest BCUT2D eigenvalue weighted by molar-refractivity contribution is 5.93. The van der Waals surface area contributed by atoms with Gasteiger partial charge in [0.1, 0.15) is 12.1 Å². The van der Waals surface area contributed by atoms with Crippen LogP contribution in [-0.4, -0.2) is 61.4 Å². The van der Waals surface area contributed by atoms with E-state index < -0.39 is 0 Å². The van der Waals surface area contributed by atoms with Crippen LogP contribution in [0.15, 0.2) is 79.6 Å². The number of morpholine rings is 1. The van der Waals surface area contributed by atoms with E-state index in [-0.39, 0.29) is 0 Å². The Morgan fingerprint density at radius 2 is 1.80 bits per heavy atom. The molecule has 1 aliphatic heterocycles. The normalized spacial score (nSPS) is 13.6. The summed E-state index contributed by atoms with van der Waals surface area (Å²) >= 11 is 0. The maximum absolute atomic E-state index is 6.14. The molecule has 1 saturated heterocycles. The molecule has 0 radical (unpaired) electrons. The van der Waals surface area contributed by atoms with Crippen molar-refractivity contribution < 1.29 is 19.0 Å². The first-order valence-electron chi connectivity index (χ1n) is 13.4. The fourth-order valence-corrected chi connectivity index (χ4v) is 4.46. The van der Waals surface area contributed by atoms with Crippen LogP contribution in [0.1, 0.15) is 17.5 Å². The lowest BCUT2D eigenvalue weighted by atomic mass is 10.1. The highest BCUT2D eigenvalue weighted by Crippen LogP contribution is 2.35. The quantitative estimate of drug-likeness (QED) is 0.176. The van der Waals surface area contributed by atoms with E-state index in [0.717, 1.165) is 67.0 Å². The number of benzene rings is 3. The van der Waals surface area contributed by atoms with E-state index in [1.165, 1.54) is 6.33 Å². The fraction of sp³-hybridized carbons (Fsp3) is 0.290. The van der Waals surface area contributed by atoms with Crippen LogP contribution in [0.25, 0.3) is 16.6 Å². The molecule has 1 aliphatic rings. The van der Waals surface area contributed by atoms with E-state index in [2.05, 4.69) is 32.2 Å². The van der Waals surface area contributed by atoms with E-state index in [1.807, 2.05) is 66.7 Å². The summed E-state index contributed by atoms with van der Waals surface area (Å²) in [5.74, 6) is 2.00. The van der Waals surface area contributed by atoms with Gasteiger partial charge in [-0.3, -0.25) is 15.2 Å². The number of nitrogens with one attached hydrogen (secondary N) is 2. The van der Waals surface area contributed by atoms with Crippen molar-refractivity contribution >= 4 is 28.1 Å². The second-order valence-electron chi connectivity index (χ2n) is 9.46. The van der Waals surface area contributed by atoms with Crippen molar-refractivity contribution in [2.75, 3.05) is 51.9 Å². The molecule has 1 fully saturated rings. The maximum Gasteiger partial charge on any atom is 0.162 e. The molecule has 0 atom stereocenters. The van der Waals surface area contributed by atoms with Crippen LogP contribution in [0.4, 0.5) is 11.5 Å². The first-order valence-corrected chi connectivity index (χ1v) is 13.4. The molecule has 0 spiro atoms. The molecule has 5 rings (SSSR count). The van der Waals surface area contributed by atoms with E-state index in [1.54, 1.807) is 7.11 Å². The van der Waals surface area contributed by atoms with Gasteiger partial charge in [-0.2, -0.15) is 0 Å². The number of fused-ring (bicyclic) bond motifs is 1. The minimum absolute atomic E-state index is 0.449. The average Bonchev–Trinajstić information content (AvgIpc) is 3.00. The van der Waals surface area contributed by atoms with Gasteiger partial charge in [0, 0.05) is 36.8 Å². The Hall–Kier alpha value is -4.18. The number of methoxy groups -OCH3 is 1. The molecule has 0 aliphatic carbocycles. The number of anilines is 2. The van der Waals surface area contributed by atoms with Crippen molar-refractivity contribution in [1.82, 2.24) is 20.3 Å². The predicted octanol–water partition coefficient (Wildman–Crippen LogP) is 5.18. The summed E-state index contributed by atoms with van der Waals surface area (Å²) in [6, 6.07) is 21.7. The Labute approximate surface area is 234 Å². The summed E-state index contributed by atoms with van der Waals surface area (Å²) in [7, 11) is 1.64. The molecule has 1 aromatic heterocycles. The van der Waals surface area contributed by atoms with Crippen molar-refractivity contribution in [3.8, 4) is 11.5 Å². The van der Waals surface area contributed by atoms with Crippen molar-refractivity contribution in [3.05, 3.63) is 90.8 Å². The number of ether oxygens (including phenoxy) is 3. The zero-order valence-corrected chi connectivity index (χ0v) is 22.8. The lowest BCUT2D eigenvalue weighted by molar-refractivity contribution is 0.0357. The summed E-state index contributed by atoms with van der Waals surface area (Å²) in [5.41, 5.74) is 7.25. The Morgan fingerprint density at radius 1 is 1.00 bits per heavy atom. The van der Waals surface area contributed by atoms with E-state index in [0.29, 0.717) is 36.2 Å². The topological polar surface area (TPSA) is 90.0 Å². The number of hydrogen-bond acceptors (Lipinski definition) is 9. The van der Waals surface area contributed by atoms with Gasteiger partial charge in [0.25, 0.3) is 0 Å². The molecule has 0 saturated carbocycles. The smallest absolute Gasteiger partial charge is 0.162 e. The molecule has 2 heterocycles. The molecule has 208 valence electrons. The van der Waals surface area contributed by atoms with Crippen molar-refractivity contribution in [1.29, 1.82) is 0 Å². The second-order valence-corrected chi connectivity index (χ2v) is 9.46. The van der Waals surface area contributed by atoms with Crippen LogP contribution in [0.2, 0.25) is 0 Å².